The van der Waals surface area contributed by atoms with Crippen molar-refractivity contribution >= 4 is 49.4 Å². The van der Waals surface area contributed by atoms with Crippen molar-refractivity contribution in [1.82, 2.24) is 0 Å². The number of anilines is 3. The Morgan fingerprint density at radius 2 is 0.920 bits per heavy atom. The van der Waals surface area contributed by atoms with E-state index in [1.807, 2.05) is 0 Å². The summed E-state index contributed by atoms with van der Waals surface area (Å²) in [5.74, 6) is 1.80. The molecule has 0 saturated carbocycles. The summed E-state index contributed by atoms with van der Waals surface area (Å²) in [6.45, 7) is 0. The molecule has 1 aliphatic heterocycles. The molecule has 0 radical (unpaired) electrons. The lowest BCUT2D eigenvalue weighted by atomic mass is 9.92. The van der Waals surface area contributed by atoms with E-state index in [0.29, 0.717) is 0 Å². The molecular weight excluding hydrogens is 607 g/mol. The van der Waals surface area contributed by atoms with Gasteiger partial charge in [0.05, 0.1) is 5.69 Å². The molecule has 1 aliphatic rings. The van der Waals surface area contributed by atoms with Gasteiger partial charge in [0.2, 0.25) is 0 Å². The zero-order chi connectivity index (χ0) is 33.0. The molecule has 0 spiro atoms. The Morgan fingerprint density at radius 1 is 0.340 bits per heavy atom. The van der Waals surface area contributed by atoms with E-state index in [-0.39, 0.29) is 0 Å². The van der Waals surface area contributed by atoms with Crippen molar-refractivity contribution in [3.8, 4) is 44.9 Å². The molecule has 9 aromatic carbocycles. The lowest BCUT2D eigenvalue weighted by Gasteiger charge is -2.28. The van der Waals surface area contributed by atoms with Gasteiger partial charge in [0.1, 0.15) is 11.5 Å². The van der Waals surface area contributed by atoms with Crippen LogP contribution >= 0.6 is 0 Å². The lowest BCUT2D eigenvalue weighted by molar-refractivity contribution is 0.487. The number of hydrogen-bond acceptors (Lipinski definition) is 2. The van der Waals surface area contributed by atoms with Crippen LogP contribution in [0.3, 0.4) is 0 Å². The molecule has 234 valence electrons. The first-order chi connectivity index (χ1) is 24.8. The van der Waals surface area contributed by atoms with E-state index in [1.165, 1.54) is 49.0 Å². The Morgan fingerprint density at radius 3 is 1.74 bits per heavy atom. The predicted molar refractivity (Wildman–Crippen MR) is 210 cm³/mol. The van der Waals surface area contributed by atoms with E-state index >= 15 is 0 Å². The number of rotatable bonds is 5. The second-order valence-corrected chi connectivity index (χ2v) is 12.9. The van der Waals surface area contributed by atoms with Crippen molar-refractivity contribution in [2.45, 2.75) is 0 Å². The fourth-order valence-corrected chi connectivity index (χ4v) is 7.69. The average molecular weight is 638 g/mol. The summed E-state index contributed by atoms with van der Waals surface area (Å²) in [6, 6.07) is 67.6. The van der Waals surface area contributed by atoms with Crippen LogP contribution in [0.25, 0.3) is 65.7 Å². The minimum absolute atomic E-state index is 0.888. The van der Waals surface area contributed by atoms with Crippen molar-refractivity contribution in [2.75, 3.05) is 4.90 Å². The lowest BCUT2D eigenvalue weighted by Crippen LogP contribution is -2.10. The van der Waals surface area contributed by atoms with Gasteiger partial charge in [-0.2, -0.15) is 0 Å². The molecule has 10 rings (SSSR count). The zero-order valence-corrected chi connectivity index (χ0v) is 27.3. The normalized spacial score (nSPS) is 11.8. The molecule has 9 aromatic rings. The van der Waals surface area contributed by atoms with E-state index < -0.39 is 0 Å². The molecule has 0 bridgehead atoms. The first-order valence-electron chi connectivity index (χ1n) is 17.1. The quantitative estimate of drug-likeness (QED) is 0.186. The van der Waals surface area contributed by atoms with Crippen molar-refractivity contribution in [3.05, 3.63) is 188 Å². The van der Waals surface area contributed by atoms with Crippen LogP contribution in [0.5, 0.6) is 11.5 Å². The van der Waals surface area contributed by atoms with Crippen LogP contribution in [0.2, 0.25) is 0 Å². The maximum atomic E-state index is 6.43. The monoisotopic (exact) mass is 637 g/mol. The van der Waals surface area contributed by atoms with Crippen molar-refractivity contribution < 1.29 is 4.74 Å². The van der Waals surface area contributed by atoms with Crippen LogP contribution in [0.15, 0.2) is 188 Å². The van der Waals surface area contributed by atoms with E-state index in [1.54, 1.807) is 0 Å². The standard InChI is InChI=1S/C48H31NO/c1-3-21-40-32(11-1)13-7-23-41(40)37-18-6-20-39(30-37)49(45-25-9-14-33-12-2-4-22-42(33)45)38-19-5-17-35(29-38)36-27-28-46-44(31-36)43-24-8-15-34-16-10-26-47(50-46)48(34)43/h1-31H. The molecule has 2 heteroatoms. The minimum atomic E-state index is 0.888. The Bertz CT molecular complexity index is 2750. The second-order valence-electron chi connectivity index (χ2n) is 12.9. The van der Waals surface area contributed by atoms with Crippen molar-refractivity contribution in [2.24, 2.45) is 0 Å². The third kappa shape index (κ3) is 4.65. The predicted octanol–water partition coefficient (Wildman–Crippen LogP) is 13.7. The van der Waals surface area contributed by atoms with Gasteiger partial charge in [0, 0.05) is 27.7 Å². The maximum Gasteiger partial charge on any atom is 0.135 e. The molecule has 0 amide bonds. The molecule has 50 heavy (non-hydrogen) atoms. The summed E-state index contributed by atoms with van der Waals surface area (Å²) in [4.78, 5) is 2.40. The van der Waals surface area contributed by atoms with Crippen LogP contribution in [-0.4, -0.2) is 0 Å². The molecule has 2 nitrogen and oxygen atoms in total. The molecule has 0 saturated heterocycles. The smallest absolute Gasteiger partial charge is 0.135 e. The summed E-state index contributed by atoms with van der Waals surface area (Å²) in [5.41, 5.74) is 10.4. The molecule has 0 unspecified atom stereocenters. The van der Waals surface area contributed by atoms with Crippen molar-refractivity contribution in [3.63, 3.8) is 0 Å². The van der Waals surface area contributed by atoms with Gasteiger partial charge in [0.25, 0.3) is 0 Å². The fraction of sp³-hybridized carbons (Fsp3) is 0. The summed E-state index contributed by atoms with van der Waals surface area (Å²) < 4.78 is 6.43. The number of hydrogen-bond donors (Lipinski definition) is 0. The maximum absolute atomic E-state index is 6.43. The van der Waals surface area contributed by atoms with Gasteiger partial charge in [-0.15, -0.1) is 0 Å². The van der Waals surface area contributed by atoms with E-state index in [2.05, 4.69) is 193 Å². The van der Waals surface area contributed by atoms with Crippen LogP contribution in [0, 0.1) is 0 Å². The molecule has 0 atom stereocenters. The first-order valence-corrected chi connectivity index (χ1v) is 17.1. The molecule has 0 aromatic heterocycles. The highest BCUT2D eigenvalue weighted by Gasteiger charge is 2.21. The topological polar surface area (TPSA) is 12.5 Å². The Hall–Kier alpha value is -6.64. The molecule has 1 heterocycles. The van der Waals surface area contributed by atoms with Gasteiger partial charge in [-0.25, -0.2) is 0 Å². The first kappa shape index (κ1) is 28.4. The van der Waals surface area contributed by atoms with Gasteiger partial charge < -0.3 is 9.64 Å². The largest absolute Gasteiger partial charge is 0.456 e. The molecule has 0 fully saturated rings. The fourth-order valence-electron chi connectivity index (χ4n) is 7.69. The summed E-state index contributed by atoms with van der Waals surface area (Å²) in [5, 5.41) is 7.26. The highest BCUT2D eigenvalue weighted by Crippen LogP contribution is 2.48. The van der Waals surface area contributed by atoms with Crippen LogP contribution in [0.1, 0.15) is 0 Å². The number of nitrogens with zero attached hydrogens (tertiary/aromatic N) is 1. The number of benzene rings is 9. The summed E-state index contributed by atoms with van der Waals surface area (Å²) in [7, 11) is 0. The van der Waals surface area contributed by atoms with Crippen molar-refractivity contribution in [1.29, 1.82) is 0 Å². The van der Waals surface area contributed by atoms with Crippen LogP contribution in [-0.2, 0) is 0 Å². The average Bonchev–Trinajstić information content (AvgIpc) is 3.18. The van der Waals surface area contributed by atoms with E-state index in [9.17, 15) is 0 Å². The Labute approximate surface area is 291 Å². The van der Waals surface area contributed by atoms with Crippen LogP contribution < -0.4 is 9.64 Å². The third-order valence-electron chi connectivity index (χ3n) is 10.0. The van der Waals surface area contributed by atoms with Gasteiger partial charge >= 0.3 is 0 Å². The minimum Gasteiger partial charge on any atom is -0.456 e. The second kappa shape index (κ2) is 11.5. The number of fused-ring (bicyclic) bond motifs is 4. The number of ether oxygens (including phenoxy) is 1. The summed E-state index contributed by atoms with van der Waals surface area (Å²) in [6.07, 6.45) is 0. The molecular formula is C48H31NO. The highest BCUT2D eigenvalue weighted by atomic mass is 16.5. The van der Waals surface area contributed by atoms with Gasteiger partial charge in [-0.1, -0.05) is 140 Å². The van der Waals surface area contributed by atoms with Gasteiger partial charge in [0.15, 0.2) is 0 Å². The van der Waals surface area contributed by atoms with Crippen LogP contribution in [0.4, 0.5) is 17.1 Å². The molecule has 0 N–H and O–H groups in total. The SMILES string of the molecule is c1cc(-c2ccc3c(c2)-c2cccc4cccc(c24)O3)cc(N(c2cccc(-c3cccc4ccccc34)c2)c2cccc3ccccc23)c1. The Kier molecular flexibility index (Phi) is 6.53. The van der Waals surface area contributed by atoms with E-state index in [0.717, 1.165) is 45.3 Å². The zero-order valence-electron chi connectivity index (χ0n) is 27.3. The molecule has 0 aliphatic carbocycles. The van der Waals surface area contributed by atoms with Gasteiger partial charge in [-0.05, 0) is 97.9 Å². The Balaban J connectivity index is 1.14. The van der Waals surface area contributed by atoms with E-state index in [4.69, 9.17) is 4.74 Å². The highest BCUT2D eigenvalue weighted by molar-refractivity contribution is 6.05. The van der Waals surface area contributed by atoms with Gasteiger partial charge in [-0.3, -0.25) is 0 Å². The third-order valence-corrected chi connectivity index (χ3v) is 10.0. The summed E-state index contributed by atoms with van der Waals surface area (Å²) >= 11 is 0.